The van der Waals surface area contributed by atoms with Gasteiger partial charge in [-0.2, -0.15) is 0 Å². The van der Waals surface area contributed by atoms with Crippen molar-refractivity contribution >= 4 is 16.5 Å². The zero-order valence-corrected chi connectivity index (χ0v) is 13.1. The number of halogens is 1. The second-order valence-corrected chi connectivity index (χ2v) is 5.95. The Morgan fingerprint density at radius 2 is 2.00 bits per heavy atom. The van der Waals surface area contributed by atoms with Crippen molar-refractivity contribution in [2.45, 2.75) is 26.4 Å². The molecule has 0 saturated heterocycles. The predicted molar refractivity (Wildman–Crippen MR) is 82.8 cm³/mol. The van der Waals surface area contributed by atoms with Gasteiger partial charge in [0, 0.05) is 24.5 Å². The summed E-state index contributed by atoms with van der Waals surface area (Å²) in [6.07, 6.45) is 0. The van der Waals surface area contributed by atoms with E-state index in [1.807, 2.05) is 33.2 Å². The van der Waals surface area contributed by atoms with E-state index in [9.17, 15) is 4.39 Å². The highest BCUT2D eigenvalue weighted by atomic mass is 32.1. The fourth-order valence-electron chi connectivity index (χ4n) is 2.02. The van der Waals surface area contributed by atoms with Gasteiger partial charge in [-0.1, -0.05) is 12.1 Å². The molecule has 108 valence electrons. The van der Waals surface area contributed by atoms with Crippen LogP contribution in [0.3, 0.4) is 0 Å². The zero-order valence-electron chi connectivity index (χ0n) is 12.3. The maximum atomic E-state index is 12.9. The fourth-order valence-corrected chi connectivity index (χ4v) is 3.11. The lowest BCUT2D eigenvalue weighted by molar-refractivity contribution is 0.627. The number of hydrogen-bond donors (Lipinski definition) is 1. The Labute approximate surface area is 123 Å². The van der Waals surface area contributed by atoms with Crippen molar-refractivity contribution in [2.75, 3.05) is 19.0 Å². The lowest BCUT2D eigenvalue weighted by Crippen LogP contribution is -2.16. The summed E-state index contributed by atoms with van der Waals surface area (Å²) in [5.41, 5.74) is 2.14. The molecule has 0 radical (unpaired) electrons. The van der Waals surface area contributed by atoms with Gasteiger partial charge in [0.1, 0.15) is 5.82 Å². The van der Waals surface area contributed by atoms with E-state index in [1.165, 1.54) is 17.0 Å². The van der Waals surface area contributed by atoms with Gasteiger partial charge in [0.2, 0.25) is 0 Å². The van der Waals surface area contributed by atoms with Crippen LogP contribution < -0.4 is 10.2 Å². The molecule has 1 atom stereocenters. The van der Waals surface area contributed by atoms with Crippen LogP contribution in [0.5, 0.6) is 0 Å². The number of anilines is 1. The van der Waals surface area contributed by atoms with Crippen LogP contribution in [0, 0.1) is 12.7 Å². The number of nitrogens with one attached hydrogen (secondary N) is 1. The number of rotatable bonds is 5. The van der Waals surface area contributed by atoms with Crippen LogP contribution in [0.4, 0.5) is 9.52 Å². The molecule has 0 saturated carbocycles. The lowest BCUT2D eigenvalue weighted by Gasteiger charge is -2.15. The van der Waals surface area contributed by atoms with Gasteiger partial charge in [0.15, 0.2) is 5.13 Å². The van der Waals surface area contributed by atoms with Gasteiger partial charge in [0.25, 0.3) is 0 Å². The molecule has 2 rings (SSSR count). The molecular weight excluding hydrogens is 273 g/mol. The van der Waals surface area contributed by atoms with Gasteiger partial charge >= 0.3 is 0 Å². The van der Waals surface area contributed by atoms with Crippen molar-refractivity contribution in [3.8, 4) is 0 Å². The van der Waals surface area contributed by atoms with E-state index in [2.05, 4.69) is 22.1 Å². The number of nitrogens with zero attached hydrogens (tertiary/aromatic N) is 2. The van der Waals surface area contributed by atoms with Crippen molar-refractivity contribution in [3.63, 3.8) is 0 Å². The van der Waals surface area contributed by atoms with Crippen LogP contribution in [-0.4, -0.2) is 19.1 Å². The zero-order chi connectivity index (χ0) is 14.7. The molecule has 1 aromatic heterocycles. The average Bonchev–Trinajstić information content (AvgIpc) is 2.82. The third-order valence-corrected chi connectivity index (χ3v) is 4.76. The van der Waals surface area contributed by atoms with Crippen molar-refractivity contribution in [3.05, 3.63) is 46.2 Å². The second kappa shape index (κ2) is 6.33. The molecule has 0 spiro atoms. The Hall–Kier alpha value is -1.46. The summed E-state index contributed by atoms with van der Waals surface area (Å²) >= 11 is 1.70. The number of aromatic nitrogens is 1. The second-order valence-electron chi connectivity index (χ2n) is 4.94. The molecule has 0 amide bonds. The first-order valence-corrected chi connectivity index (χ1v) is 7.43. The predicted octanol–water partition coefficient (Wildman–Crippen LogP) is 3.51. The van der Waals surface area contributed by atoms with E-state index in [1.54, 1.807) is 11.3 Å². The third-order valence-electron chi connectivity index (χ3n) is 3.31. The quantitative estimate of drug-likeness (QED) is 0.914. The van der Waals surface area contributed by atoms with Gasteiger partial charge in [0.05, 0.1) is 5.69 Å². The van der Waals surface area contributed by atoms with Crippen molar-refractivity contribution in [1.29, 1.82) is 0 Å². The maximum Gasteiger partial charge on any atom is 0.185 e. The van der Waals surface area contributed by atoms with Crippen LogP contribution >= 0.6 is 11.3 Å². The largest absolute Gasteiger partial charge is 0.347 e. The summed E-state index contributed by atoms with van der Waals surface area (Å²) in [6.45, 7) is 4.89. The highest BCUT2D eigenvalue weighted by Gasteiger charge is 2.15. The van der Waals surface area contributed by atoms with Gasteiger partial charge in [-0.15, -0.1) is 11.3 Å². The van der Waals surface area contributed by atoms with Crippen LogP contribution in [0.25, 0.3) is 0 Å². The summed E-state index contributed by atoms with van der Waals surface area (Å²) in [5, 5.41) is 4.23. The molecule has 1 unspecified atom stereocenters. The van der Waals surface area contributed by atoms with Crippen molar-refractivity contribution < 1.29 is 4.39 Å². The summed E-state index contributed by atoms with van der Waals surface area (Å²) in [4.78, 5) is 7.98. The Morgan fingerprint density at radius 1 is 1.35 bits per heavy atom. The Morgan fingerprint density at radius 3 is 2.60 bits per heavy atom. The molecule has 3 nitrogen and oxygen atoms in total. The van der Waals surface area contributed by atoms with Gasteiger partial charge < -0.3 is 10.2 Å². The highest BCUT2D eigenvalue weighted by Crippen LogP contribution is 2.30. The topological polar surface area (TPSA) is 28.2 Å². The number of benzene rings is 1. The van der Waals surface area contributed by atoms with Gasteiger partial charge in [-0.3, -0.25) is 0 Å². The standard InChI is InChI=1S/C15H20FN3S/c1-10(17-3)14-11(2)18-15(20-14)19(4)9-12-5-7-13(16)8-6-12/h5-8,10,17H,9H2,1-4H3. The third kappa shape index (κ3) is 3.35. The summed E-state index contributed by atoms with van der Waals surface area (Å²) in [6, 6.07) is 6.91. The van der Waals surface area contributed by atoms with Gasteiger partial charge in [-0.05, 0) is 38.6 Å². The first-order chi connectivity index (χ1) is 9.51. The molecular formula is C15H20FN3S. The molecule has 0 bridgehead atoms. The number of hydrogen-bond acceptors (Lipinski definition) is 4. The van der Waals surface area contributed by atoms with E-state index in [0.717, 1.165) is 22.9 Å². The first kappa shape index (κ1) is 14.9. The average molecular weight is 293 g/mol. The monoisotopic (exact) mass is 293 g/mol. The molecule has 2 aromatic rings. The molecule has 5 heteroatoms. The Balaban J connectivity index is 2.13. The van der Waals surface area contributed by atoms with E-state index in [0.29, 0.717) is 6.04 Å². The summed E-state index contributed by atoms with van der Waals surface area (Å²) < 4.78 is 12.9. The Bertz CT molecular complexity index is 565. The fraction of sp³-hybridized carbons (Fsp3) is 0.400. The number of aryl methyl sites for hydroxylation is 1. The van der Waals surface area contributed by atoms with Crippen LogP contribution in [0.15, 0.2) is 24.3 Å². The molecule has 1 heterocycles. The minimum atomic E-state index is -0.202. The first-order valence-electron chi connectivity index (χ1n) is 6.61. The van der Waals surface area contributed by atoms with Crippen LogP contribution in [-0.2, 0) is 6.54 Å². The van der Waals surface area contributed by atoms with E-state index < -0.39 is 0 Å². The molecule has 20 heavy (non-hydrogen) atoms. The lowest BCUT2D eigenvalue weighted by atomic mass is 10.2. The maximum absolute atomic E-state index is 12.9. The smallest absolute Gasteiger partial charge is 0.185 e. The summed E-state index contributed by atoms with van der Waals surface area (Å²) in [5.74, 6) is -0.202. The normalized spacial score (nSPS) is 12.4. The van der Waals surface area contributed by atoms with E-state index in [4.69, 9.17) is 0 Å². The highest BCUT2D eigenvalue weighted by molar-refractivity contribution is 7.15. The molecule has 1 aromatic carbocycles. The molecule has 0 fully saturated rings. The molecule has 0 aliphatic rings. The number of thiazole rings is 1. The minimum Gasteiger partial charge on any atom is -0.347 e. The SMILES string of the molecule is CNC(C)c1sc(N(C)Cc2ccc(F)cc2)nc1C. The Kier molecular flexibility index (Phi) is 4.73. The van der Waals surface area contributed by atoms with Crippen LogP contribution in [0.1, 0.15) is 29.1 Å². The molecule has 1 N–H and O–H groups in total. The summed E-state index contributed by atoms with van der Waals surface area (Å²) in [7, 11) is 3.96. The van der Waals surface area contributed by atoms with Crippen LogP contribution in [0.2, 0.25) is 0 Å². The molecule has 0 aliphatic carbocycles. The van der Waals surface area contributed by atoms with E-state index in [-0.39, 0.29) is 5.82 Å². The molecule has 0 aliphatic heterocycles. The van der Waals surface area contributed by atoms with Crippen molar-refractivity contribution in [1.82, 2.24) is 10.3 Å². The van der Waals surface area contributed by atoms with Crippen molar-refractivity contribution in [2.24, 2.45) is 0 Å². The van der Waals surface area contributed by atoms with E-state index >= 15 is 0 Å². The van der Waals surface area contributed by atoms with Gasteiger partial charge in [-0.25, -0.2) is 9.37 Å². The minimum absolute atomic E-state index is 0.202.